The molecule has 11 aromatic carbocycles. The summed E-state index contributed by atoms with van der Waals surface area (Å²) in [5.74, 6) is 0. The molecule has 2 aliphatic rings. The Bertz CT molecular complexity index is 3590. The van der Waals surface area contributed by atoms with Crippen LogP contribution in [0.15, 0.2) is 170 Å². The molecular weight excluding hydrogens is 769 g/mol. The molecule has 0 amide bonds. The Morgan fingerprint density at radius 3 is 0.938 bits per heavy atom. The molecule has 0 unspecified atom stereocenters. The van der Waals surface area contributed by atoms with Crippen molar-refractivity contribution in [3.8, 4) is 89.0 Å². The molecule has 64 heavy (non-hydrogen) atoms. The van der Waals surface area contributed by atoms with Crippen LogP contribution >= 0.6 is 0 Å². The molecule has 0 atom stereocenters. The molecule has 0 N–H and O–H groups in total. The minimum atomic E-state index is 1.24. The van der Waals surface area contributed by atoms with E-state index in [2.05, 4.69) is 211 Å². The molecule has 0 nitrogen and oxygen atoms in total. The number of aryl methyl sites for hydroxylation is 6. The van der Waals surface area contributed by atoms with Gasteiger partial charge < -0.3 is 0 Å². The summed E-state index contributed by atoms with van der Waals surface area (Å²) in [7, 11) is 0. The third-order valence-corrected chi connectivity index (χ3v) is 14.7. The lowest BCUT2D eigenvalue weighted by Gasteiger charge is -2.19. The Morgan fingerprint density at radius 1 is 0.219 bits per heavy atom. The van der Waals surface area contributed by atoms with Crippen LogP contribution in [0.1, 0.15) is 33.4 Å². The SMILES string of the molecule is Cc1cc(C)c(-c2c3ccccc3c3c4c(cccc24)-c2cc(-c4ccccc4-c4ccc5c(c4)-c4cccc6c(-c7c(C)cc(C)cc7C)c7ccccc7c-5c46)ccc2-3)c(C)c1. The summed E-state index contributed by atoms with van der Waals surface area (Å²) in [5.41, 5.74) is 28.9. The minimum Gasteiger partial charge on any atom is -0.0616 e. The van der Waals surface area contributed by atoms with Crippen molar-refractivity contribution in [2.24, 2.45) is 0 Å². The first-order chi connectivity index (χ1) is 31.2. The maximum atomic E-state index is 2.46. The number of rotatable bonds is 4. The number of hydrogen-bond acceptors (Lipinski definition) is 0. The van der Waals surface area contributed by atoms with Gasteiger partial charge >= 0.3 is 0 Å². The first-order valence-electron chi connectivity index (χ1n) is 22.8. The first kappa shape index (κ1) is 37.1. The summed E-state index contributed by atoms with van der Waals surface area (Å²) >= 11 is 0. The zero-order valence-electron chi connectivity index (χ0n) is 37.2. The summed E-state index contributed by atoms with van der Waals surface area (Å²) in [6.07, 6.45) is 0. The fourth-order valence-corrected chi connectivity index (χ4v) is 12.4. The topological polar surface area (TPSA) is 0 Å². The fraction of sp³-hybridized carbons (Fsp3) is 0.0938. The molecule has 0 radical (unpaired) electrons. The average Bonchev–Trinajstić information content (AvgIpc) is 3.81. The predicted octanol–water partition coefficient (Wildman–Crippen LogP) is 18.1. The maximum absolute atomic E-state index is 2.46. The third-order valence-electron chi connectivity index (χ3n) is 14.7. The van der Waals surface area contributed by atoms with E-state index >= 15 is 0 Å². The van der Waals surface area contributed by atoms with Crippen LogP contribution in [-0.4, -0.2) is 0 Å². The molecule has 13 rings (SSSR count). The monoisotopic (exact) mass is 814 g/mol. The molecule has 0 bridgehead atoms. The fourth-order valence-electron chi connectivity index (χ4n) is 12.4. The van der Waals surface area contributed by atoms with Crippen molar-refractivity contribution in [1.82, 2.24) is 0 Å². The number of hydrogen-bond donors (Lipinski definition) is 0. The van der Waals surface area contributed by atoms with Gasteiger partial charge in [-0.1, -0.05) is 169 Å². The van der Waals surface area contributed by atoms with Gasteiger partial charge in [-0.15, -0.1) is 0 Å². The zero-order valence-corrected chi connectivity index (χ0v) is 37.2. The van der Waals surface area contributed by atoms with Crippen LogP contribution in [-0.2, 0) is 0 Å². The van der Waals surface area contributed by atoms with Crippen LogP contribution in [0, 0.1) is 41.5 Å². The van der Waals surface area contributed by atoms with E-state index in [1.807, 2.05) is 0 Å². The van der Waals surface area contributed by atoms with Crippen LogP contribution in [0.25, 0.3) is 132 Å². The largest absolute Gasteiger partial charge is 0.0616 e. The van der Waals surface area contributed by atoms with Gasteiger partial charge in [-0.05, 0) is 208 Å². The Kier molecular flexibility index (Phi) is 7.80. The highest BCUT2D eigenvalue weighted by atomic mass is 14.3. The van der Waals surface area contributed by atoms with Crippen molar-refractivity contribution in [3.05, 3.63) is 203 Å². The summed E-state index contributed by atoms with van der Waals surface area (Å²) in [6, 6.07) is 64.9. The van der Waals surface area contributed by atoms with E-state index < -0.39 is 0 Å². The second-order valence-electron chi connectivity index (χ2n) is 18.7. The van der Waals surface area contributed by atoms with E-state index in [0.29, 0.717) is 0 Å². The molecule has 0 aliphatic heterocycles. The van der Waals surface area contributed by atoms with Crippen molar-refractivity contribution in [1.29, 1.82) is 0 Å². The van der Waals surface area contributed by atoms with Gasteiger partial charge in [-0.3, -0.25) is 0 Å². The molecule has 0 aromatic heterocycles. The highest BCUT2D eigenvalue weighted by molar-refractivity contribution is 6.31. The normalized spacial score (nSPS) is 12.2. The standard InChI is InChI=1S/C64H46/c1-35-29-37(3)57(38(4)30-35)61-47-19-11-9-17-45(47)59-51-27-25-41(33-55(51)49-21-13-23-53(61)63(49)59)43-15-7-8-16-44(43)42-26-28-52-56(34-42)50-22-14-24-54-62(58-39(5)31-36(2)32-40(58)6)48-20-12-10-18-46(48)60(52)64(50)54/h7-34H,1-6H3. The van der Waals surface area contributed by atoms with Gasteiger partial charge in [0.05, 0.1) is 0 Å². The smallest absolute Gasteiger partial charge is 0.00137 e. The van der Waals surface area contributed by atoms with Gasteiger partial charge in [-0.2, -0.15) is 0 Å². The minimum absolute atomic E-state index is 1.24. The lowest BCUT2D eigenvalue weighted by Crippen LogP contribution is -1.94. The van der Waals surface area contributed by atoms with E-state index in [1.165, 1.54) is 165 Å². The van der Waals surface area contributed by atoms with Crippen LogP contribution in [0.4, 0.5) is 0 Å². The summed E-state index contributed by atoms with van der Waals surface area (Å²) in [6.45, 7) is 13.5. The Hall–Kier alpha value is -7.54. The van der Waals surface area contributed by atoms with Gasteiger partial charge in [0.15, 0.2) is 0 Å². The molecular formula is C64H46. The Balaban J connectivity index is 0.982. The lowest BCUT2D eigenvalue weighted by molar-refractivity contribution is 1.33. The zero-order chi connectivity index (χ0) is 43.1. The molecule has 0 heterocycles. The molecule has 0 saturated heterocycles. The molecule has 0 spiro atoms. The van der Waals surface area contributed by atoms with Crippen molar-refractivity contribution >= 4 is 43.1 Å². The summed E-state index contributed by atoms with van der Waals surface area (Å²) in [5, 5.41) is 10.7. The van der Waals surface area contributed by atoms with Gasteiger partial charge in [0, 0.05) is 0 Å². The van der Waals surface area contributed by atoms with Crippen LogP contribution in [0.5, 0.6) is 0 Å². The van der Waals surface area contributed by atoms with E-state index in [4.69, 9.17) is 0 Å². The highest BCUT2D eigenvalue weighted by Crippen LogP contribution is 2.57. The van der Waals surface area contributed by atoms with E-state index in [1.54, 1.807) is 0 Å². The third kappa shape index (κ3) is 5.06. The number of benzene rings is 11. The quantitative estimate of drug-likeness (QED) is 0.155. The van der Waals surface area contributed by atoms with Gasteiger partial charge in [0.25, 0.3) is 0 Å². The second-order valence-corrected chi connectivity index (χ2v) is 18.7. The van der Waals surface area contributed by atoms with Crippen molar-refractivity contribution in [3.63, 3.8) is 0 Å². The lowest BCUT2D eigenvalue weighted by atomic mass is 9.84. The number of fused-ring (bicyclic) bond motifs is 10. The molecule has 0 heteroatoms. The van der Waals surface area contributed by atoms with E-state index in [-0.39, 0.29) is 0 Å². The average molecular weight is 815 g/mol. The Morgan fingerprint density at radius 2 is 0.547 bits per heavy atom. The second kappa shape index (κ2) is 13.5. The van der Waals surface area contributed by atoms with Gasteiger partial charge in [0.1, 0.15) is 0 Å². The van der Waals surface area contributed by atoms with E-state index in [0.717, 1.165) is 0 Å². The van der Waals surface area contributed by atoms with Gasteiger partial charge in [0.2, 0.25) is 0 Å². The Labute approximate surface area is 375 Å². The molecule has 0 saturated carbocycles. The van der Waals surface area contributed by atoms with Gasteiger partial charge in [-0.25, -0.2) is 0 Å². The van der Waals surface area contributed by atoms with Crippen LogP contribution in [0.3, 0.4) is 0 Å². The molecule has 0 fully saturated rings. The predicted molar refractivity (Wildman–Crippen MR) is 275 cm³/mol. The highest BCUT2D eigenvalue weighted by Gasteiger charge is 2.30. The first-order valence-corrected chi connectivity index (χ1v) is 22.8. The summed E-state index contributed by atoms with van der Waals surface area (Å²) in [4.78, 5) is 0. The van der Waals surface area contributed by atoms with Crippen molar-refractivity contribution in [2.75, 3.05) is 0 Å². The molecule has 302 valence electrons. The van der Waals surface area contributed by atoms with Crippen LogP contribution in [0.2, 0.25) is 0 Å². The van der Waals surface area contributed by atoms with Crippen molar-refractivity contribution < 1.29 is 0 Å². The van der Waals surface area contributed by atoms with E-state index in [9.17, 15) is 0 Å². The summed E-state index contributed by atoms with van der Waals surface area (Å²) < 4.78 is 0. The van der Waals surface area contributed by atoms with Crippen LogP contribution < -0.4 is 0 Å². The molecule has 2 aliphatic carbocycles. The molecule has 11 aromatic rings. The van der Waals surface area contributed by atoms with Crippen molar-refractivity contribution in [2.45, 2.75) is 41.5 Å². The maximum Gasteiger partial charge on any atom is -0.00137 e.